The second-order valence-corrected chi connectivity index (χ2v) is 5.14. The molecule has 1 saturated heterocycles. The van der Waals surface area contributed by atoms with Gasteiger partial charge in [-0.2, -0.15) is 5.53 Å². The molecule has 4 N–H and O–H groups in total. The average molecular weight is 293 g/mol. The van der Waals surface area contributed by atoms with E-state index in [2.05, 4.69) is 26.7 Å². The largest absolute Gasteiger partial charge is 0.300 e. The quantitative estimate of drug-likeness (QED) is 0.677. The summed E-state index contributed by atoms with van der Waals surface area (Å²) in [7, 11) is 0. The van der Waals surface area contributed by atoms with E-state index in [-0.39, 0.29) is 17.8 Å². The number of rotatable bonds is 3. The number of thiazole rings is 1. The number of carbonyl (C=O) groups is 1. The molecule has 6 nitrogen and oxygen atoms in total. The highest BCUT2D eigenvalue weighted by Crippen LogP contribution is 2.21. The number of benzene rings is 1. The van der Waals surface area contributed by atoms with Crippen molar-refractivity contribution in [2.75, 3.05) is 5.32 Å². The van der Waals surface area contributed by atoms with Gasteiger partial charge in [0.15, 0.2) is 5.13 Å². The highest BCUT2D eigenvalue weighted by Gasteiger charge is 2.34. The van der Waals surface area contributed by atoms with Crippen molar-refractivity contribution >= 4 is 22.4 Å². The molecule has 8 heteroatoms. The summed E-state index contributed by atoms with van der Waals surface area (Å²) in [6.07, 6.45) is 1.62. The predicted molar refractivity (Wildman–Crippen MR) is 73.1 cm³/mol. The third-order valence-corrected chi connectivity index (χ3v) is 3.65. The van der Waals surface area contributed by atoms with Crippen molar-refractivity contribution in [2.24, 2.45) is 0 Å². The molecule has 1 aliphatic heterocycles. The summed E-state index contributed by atoms with van der Waals surface area (Å²) in [5.41, 5.74) is 9.32. The van der Waals surface area contributed by atoms with Crippen LogP contribution in [0.3, 0.4) is 0 Å². The molecule has 1 aliphatic rings. The van der Waals surface area contributed by atoms with Crippen LogP contribution in [0.1, 0.15) is 11.6 Å². The SMILES string of the molecule is O=C(Nc1nccs1)C1NNNC1c1ccc(F)cc1. The minimum Gasteiger partial charge on any atom is -0.300 e. The van der Waals surface area contributed by atoms with E-state index in [1.165, 1.54) is 23.5 Å². The summed E-state index contributed by atoms with van der Waals surface area (Å²) in [5, 5.41) is 5.05. The van der Waals surface area contributed by atoms with Crippen molar-refractivity contribution in [3.8, 4) is 0 Å². The predicted octanol–water partition coefficient (Wildman–Crippen LogP) is 0.943. The number of carbonyl (C=O) groups excluding carboxylic acids is 1. The van der Waals surface area contributed by atoms with E-state index in [0.717, 1.165) is 5.56 Å². The minimum atomic E-state index is -0.524. The van der Waals surface area contributed by atoms with E-state index in [1.54, 1.807) is 23.7 Å². The van der Waals surface area contributed by atoms with Crippen molar-refractivity contribution in [3.05, 3.63) is 47.2 Å². The third-order valence-electron chi connectivity index (χ3n) is 2.96. The summed E-state index contributed by atoms with van der Waals surface area (Å²) in [5.74, 6) is -0.525. The van der Waals surface area contributed by atoms with Crippen LogP contribution in [-0.2, 0) is 4.79 Å². The molecule has 1 aromatic carbocycles. The number of hydrogen-bond donors (Lipinski definition) is 4. The van der Waals surface area contributed by atoms with E-state index >= 15 is 0 Å². The highest BCUT2D eigenvalue weighted by molar-refractivity contribution is 7.13. The number of amides is 1. The van der Waals surface area contributed by atoms with E-state index < -0.39 is 6.04 Å². The molecule has 0 bridgehead atoms. The Kier molecular flexibility index (Phi) is 3.70. The van der Waals surface area contributed by atoms with Crippen molar-refractivity contribution in [1.29, 1.82) is 0 Å². The number of nitrogens with zero attached hydrogens (tertiary/aromatic N) is 1. The maximum absolute atomic E-state index is 12.9. The molecule has 2 unspecified atom stereocenters. The van der Waals surface area contributed by atoms with Gasteiger partial charge in [-0.05, 0) is 17.7 Å². The van der Waals surface area contributed by atoms with Crippen LogP contribution in [0.5, 0.6) is 0 Å². The number of hydrazine groups is 2. The molecule has 20 heavy (non-hydrogen) atoms. The van der Waals surface area contributed by atoms with Gasteiger partial charge in [-0.1, -0.05) is 12.1 Å². The molecule has 0 radical (unpaired) electrons. The van der Waals surface area contributed by atoms with Crippen molar-refractivity contribution in [1.82, 2.24) is 21.4 Å². The molecular weight excluding hydrogens is 281 g/mol. The molecule has 1 aromatic heterocycles. The molecule has 1 fully saturated rings. The number of anilines is 1. The minimum absolute atomic E-state index is 0.216. The first-order valence-corrected chi connectivity index (χ1v) is 6.84. The van der Waals surface area contributed by atoms with Gasteiger partial charge in [-0.15, -0.1) is 11.3 Å². The van der Waals surface area contributed by atoms with Gasteiger partial charge in [0.25, 0.3) is 0 Å². The molecule has 2 aromatic rings. The van der Waals surface area contributed by atoms with Crippen LogP contribution < -0.4 is 21.7 Å². The zero-order valence-electron chi connectivity index (χ0n) is 10.3. The van der Waals surface area contributed by atoms with E-state index in [1.807, 2.05) is 0 Å². The number of hydrogen-bond acceptors (Lipinski definition) is 6. The second kappa shape index (κ2) is 5.63. The lowest BCUT2D eigenvalue weighted by atomic mass is 10.0. The van der Waals surface area contributed by atoms with Gasteiger partial charge in [-0.25, -0.2) is 20.2 Å². The maximum Gasteiger partial charge on any atom is 0.246 e. The van der Waals surface area contributed by atoms with Gasteiger partial charge in [-0.3, -0.25) is 4.79 Å². The molecule has 0 spiro atoms. The lowest BCUT2D eigenvalue weighted by molar-refractivity contribution is -0.118. The lowest BCUT2D eigenvalue weighted by Gasteiger charge is -2.17. The topological polar surface area (TPSA) is 78.1 Å². The second-order valence-electron chi connectivity index (χ2n) is 4.25. The Bertz CT molecular complexity index is 588. The first kappa shape index (κ1) is 13.1. The molecule has 2 heterocycles. The smallest absolute Gasteiger partial charge is 0.246 e. The fourth-order valence-electron chi connectivity index (χ4n) is 1.99. The summed E-state index contributed by atoms with van der Waals surface area (Å²) in [6.45, 7) is 0. The molecule has 0 aliphatic carbocycles. The van der Waals surface area contributed by atoms with E-state index in [0.29, 0.717) is 5.13 Å². The van der Waals surface area contributed by atoms with Gasteiger partial charge >= 0.3 is 0 Å². The van der Waals surface area contributed by atoms with Crippen LogP contribution in [0.4, 0.5) is 9.52 Å². The summed E-state index contributed by atoms with van der Waals surface area (Å²) >= 11 is 1.35. The first-order valence-electron chi connectivity index (χ1n) is 5.96. The van der Waals surface area contributed by atoms with Crippen LogP contribution in [0, 0.1) is 5.82 Å². The van der Waals surface area contributed by atoms with Crippen LogP contribution >= 0.6 is 11.3 Å². The summed E-state index contributed by atoms with van der Waals surface area (Å²) in [4.78, 5) is 16.2. The number of aromatic nitrogens is 1. The van der Waals surface area contributed by atoms with Crippen LogP contribution in [0.25, 0.3) is 0 Å². The van der Waals surface area contributed by atoms with Gasteiger partial charge in [0.1, 0.15) is 11.9 Å². The number of halogens is 1. The number of nitrogens with one attached hydrogen (secondary N) is 4. The van der Waals surface area contributed by atoms with Crippen molar-refractivity contribution in [2.45, 2.75) is 12.1 Å². The van der Waals surface area contributed by atoms with Crippen molar-refractivity contribution < 1.29 is 9.18 Å². The van der Waals surface area contributed by atoms with Gasteiger partial charge < -0.3 is 5.32 Å². The Hall–Kier alpha value is -1.87. The lowest BCUT2D eigenvalue weighted by Crippen LogP contribution is -2.41. The average Bonchev–Trinajstić information content (AvgIpc) is 3.10. The normalized spacial score (nSPS) is 21.9. The Balaban J connectivity index is 1.75. The fourth-order valence-corrected chi connectivity index (χ4v) is 2.53. The molecular formula is C12H12FN5OS. The Morgan fingerprint density at radius 3 is 2.80 bits per heavy atom. The van der Waals surface area contributed by atoms with E-state index in [9.17, 15) is 9.18 Å². The Morgan fingerprint density at radius 1 is 1.30 bits per heavy atom. The third kappa shape index (κ3) is 2.68. The standard InChI is InChI=1S/C12H12FN5OS/c13-8-3-1-7(2-4-8)9-10(17-18-16-9)11(19)15-12-14-5-6-20-12/h1-6,9-10,16-18H,(H,14,15,19). The zero-order chi connectivity index (χ0) is 13.9. The molecule has 1 amide bonds. The van der Waals surface area contributed by atoms with Crippen molar-refractivity contribution in [3.63, 3.8) is 0 Å². The fraction of sp³-hybridized carbons (Fsp3) is 0.167. The highest BCUT2D eigenvalue weighted by atomic mass is 32.1. The monoisotopic (exact) mass is 293 g/mol. The van der Waals surface area contributed by atoms with Crippen LogP contribution in [0.15, 0.2) is 35.8 Å². The maximum atomic E-state index is 12.9. The molecule has 0 saturated carbocycles. The Morgan fingerprint density at radius 2 is 2.10 bits per heavy atom. The summed E-state index contributed by atoms with van der Waals surface area (Å²) in [6, 6.07) is 5.20. The van der Waals surface area contributed by atoms with Crippen LogP contribution in [-0.4, -0.2) is 16.9 Å². The van der Waals surface area contributed by atoms with Gasteiger partial charge in [0, 0.05) is 11.6 Å². The summed E-state index contributed by atoms with van der Waals surface area (Å²) < 4.78 is 12.9. The van der Waals surface area contributed by atoms with Crippen LogP contribution in [0.2, 0.25) is 0 Å². The van der Waals surface area contributed by atoms with Gasteiger partial charge in [0.2, 0.25) is 5.91 Å². The molecule has 104 valence electrons. The first-order chi connectivity index (χ1) is 9.74. The molecule has 3 rings (SSSR count). The molecule has 2 atom stereocenters. The van der Waals surface area contributed by atoms with E-state index in [4.69, 9.17) is 0 Å². The Labute approximate surface area is 118 Å². The van der Waals surface area contributed by atoms with Gasteiger partial charge in [0.05, 0.1) is 6.04 Å². The zero-order valence-corrected chi connectivity index (χ0v) is 11.1.